The fourth-order valence-electron chi connectivity index (χ4n) is 5.44. The van der Waals surface area contributed by atoms with Crippen LogP contribution in [0, 0.1) is 12.8 Å². The van der Waals surface area contributed by atoms with Gasteiger partial charge < -0.3 is 16.0 Å². The number of pyridine rings is 1. The van der Waals surface area contributed by atoms with Crippen molar-refractivity contribution >= 4 is 28.6 Å². The van der Waals surface area contributed by atoms with E-state index < -0.39 is 23.7 Å². The number of hydrogen-bond donors (Lipinski definition) is 2. The topological polar surface area (TPSA) is 123 Å². The molecule has 3 aliphatic rings. The molecular weight excluding hydrogens is 451 g/mol. The molecule has 0 spiro atoms. The number of amides is 3. The molecule has 2 unspecified atom stereocenters. The minimum atomic E-state index is -1.57. The van der Waals surface area contributed by atoms with Crippen LogP contribution in [0.4, 0.5) is 4.39 Å². The summed E-state index contributed by atoms with van der Waals surface area (Å²) in [6.45, 7) is 1.64. The summed E-state index contributed by atoms with van der Waals surface area (Å²) in [6, 6.07) is 9.27. The summed E-state index contributed by atoms with van der Waals surface area (Å²) >= 11 is 0. The number of carbonyl (C=O) groups is 3. The van der Waals surface area contributed by atoms with E-state index in [-0.39, 0.29) is 42.4 Å². The molecule has 3 fully saturated rings. The molecule has 3 heterocycles. The summed E-state index contributed by atoms with van der Waals surface area (Å²) in [4.78, 5) is 44.3. The van der Waals surface area contributed by atoms with Gasteiger partial charge in [-0.2, -0.15) is 5.10 Å². The molecule has 6 rings (SSSR count). The van der Waals surface area contributed by atoms with E-state index in [0.29, 0.717) is 28.6 Å². The van der Waals surface area contributed by atoms with Crippen LogP contribution in [0.1, 0.15) is 41.0 Å². The number of nitrogens with zero attached hydrogens (tertiary/aromatic N) is 4. The molecule has 1 aliphatic heterocycles. The van der Waals surface area contributed by atoms with E-state index in [1.165, 1.54) is 4.68 Å². The molecule has 9 nitrogen and oxygen atoms in total. The number of aromatic nitrogens is 3. The van der Waals surface area contributed by atoms with Crippen LogP contribution in [0.5, 0.6) is 0 Å². The smallest absolute Gasteiger partial charge is 0.269 e. The number of carbonyl (C=O) groups excluding carboxylic acids is 3. The summed E-state index contributed by atoms with van der Waals surface area (Å²) in [6.07, 6.45) is 3.19. The van der Waals surface area contributed by atoms with Gasteiger partial charge in [0.05, 0.1) is 17.8 Å². The number of nitrogens with one attached hydrogen (secondary N) is 1. The van der Waals surface area contributed by atoms with E-state index in [1.807, 2.05) is 6.07 Å². The zero-order valence-electron chi connectivity index (χ0n) is 19.1. The molecule has 10 heteroatoms. The Labute approximate surface area is 200 Å². The fraction of sp³-hybridized carbons (Fsp3) is 0.400. The lowest BCUT2D eigenvalue weighted by molar-refractivity contribution is -0.140. The zero-order valence-corrected chi connectivity index (χ0v) is 19.1. The first-order valence-corrected chi connectivity index (χ1v) is 11.7. The van der Waals surface area contributed by atoms with Crippen molar-refractivity contribution in [2.75, 3.05) is 0 Å². The third-order valence-corrected chi connectivity index (χ3v) is 7.45. The molecule has 2 aliphatic carbocycles. The van der Waals surface area contributed by atoms with Crippen molar-refractivity contribution in [2.45, 2.75) is 56.5 Å². The maximum Gasteiger partial charge on any atom is 0.269 e. The van der Waals surface area contributed by atoms with E-state index in [9.17, 15) is 14.4 Å². The van der Waals surface area contributed by atoms with Crippen molar-refractivity contribution in [2.24, 2.45) is 11.7 Å². The SMILES string of the molecule is Cc1cc2c(C(N)=O)nn(CC(=O)N3[C@@H]4C[C@@H]4C[C@H]3C(=O)NC3CC3(F)c3ccccc3)c2cn1. The number of rotatable bonds is 6. The van der Waals surface area contributed by atoms with Crippen LogP contribution in [0.3, 0.4) is 0 Å². The normalized spacial score (nSPS) is 28.6. The monoisotopic (exact) mass is 476 g/mol. The van der Waals surface area contributed by atoms with Crippen molar-refractivity contribution in [3.05, 3.63) is 59.5 Å². The minimum Gasteiger partial charge on any atom is -0.364 e. The van der Waals surface area contributed by atoms with Crippen LogP contribution >= 0.6 is 0 Å². The number of hydrogen-bond acceptors (Lipinski definition) is 5. The molecule has 3 aromatic rings. The minimum absolute atomic E-state index is 0.000447. The van der Waals surface area contributed by atoms with Crippen LogP contribution < -0.4 is 11.1 Å². The molecule has 2 aromatic heterocycles. The van der Waals surface area contributed by atoms with Crippen LogP contribution in [-0.2, 0) is 21.8 Å². The standard InChI is InChI=1S/C25H25FN6O3/c1-13-7-16-19(11-28-13)31(30-22(16)23(27)34)12-21(33)32-17-8-14(17)9-18(32)24(35)29-20-10-25(20,26)15-5-3-2-4-6-15/h2-7,11,14,17-18,20H,8-10,12H2,1H3,(H2,27,34)(H,29,35)/t14-,17-,18+,20?,25?/m1/s1. The number of likely N-dealkylation sites (tertiary alicyclic amines) is 1. The van der Waals surface area contributed by atoms with Gasteiger partial charge in [0.25, 0.3) is 5.91 Å². The highest BCUT2D eigenvalue weighted by molar-refractivity contribution is 6.04. The van der Waals surface area contributed by atoms with E-state index in [0.717, 1.165) is 6.42 Å². The Morgan fingerprint density at radius 1 is 1.23 bits per heavy atom. The van der Waals surface area contributed by atoms with Crippen molar-refractivity contribution in [3.8, 4) is 0 Å². The molecule has 3 amide bonds. The second-order valence-electron chi connectivity index (χ2n) is 9.82. The van der Waals surface area contributed by atoms with Gasteiger partial charge in [-0.3, -0.25) is 24.0 Å². The number of benzene rings is 1. The molecule has 180 valence electrons. The van der Waals surface area contributed by atoms with Crippen LogP contribution in [0.15, 0.2) is 42.6 Å². The Morgan fingerprint density at radius 2 is 2.00 bits per heavy atom. The van der Waals surface area contributed by atoms with Gasteiger partial charge in [-0.25, -0.2) is 4.39 Å². The molecule has 5 atom stereocenters. The lowest BCUT2D eigenvalue weighted by Crippen LogP contribution is -2.50. The molecule has 0 radical (unpaired) electrons. The average Bonchev–Trinajstić information content (AvgIpc) is 3.65. The lowest BCUT2D eigenvalue weighted by Gasteiger charge is -2.27. The predicted octanol–water partition coefficient (Wildman–Crippen LogP) is 1.58. The Kier molecular flexibility index (Phi) is 4.71. The number of aryl methyl sites for hydroxylation is 1. The van der Waals surface area contributed by atoms with Gasteiger partial charge in [0.1, 0.15) is 12.6 Å². The molecule has 1 saturated heterocycles. The number of fused-ring (bicyclic) bond motifs is 2. The van der Waals surface area contributed by atoms with Crippen molar-refractivity contribution < 1.29 is 18.8 Å². The largest absolute Gasteiger partial charge is 0.364 e. The summed E-state index contributed by atoms with van der Waals surface area (Å²) < 4.78 is 16.7. The zero-order chi connectivity index (χ0) is 24.5. The lowest BCUT2D eigenvalue weighted by atomic mass is 10.1. The van der Waals surface area contributed by atoms with Gasteiger partial charge in [-0.15, -0.1) is 0 Å². The number of halogens is 1. The van der Waals surface area contributed by atoms with Crippen LogP contribution in [-0.4, -0.2) is 55.5 Å². The van der Waals surface area contributed by atoms with E-state index in [4.69, 9.17) is 5.73 Å². The third kappa shape index (κ3) is 3.55. The summed E-state index contributed by atoms with van der Waals surface area (Å²) in [7, 11) is 0. The van der Waals surface area contributed by atoms with Gasteiger partial charge in [0.15, 0.2) is 11.4 Å². The molecule has 1 aromatic carbocycles. The third-order valence-electron chi connectivity index (χ3n) is 7.45. The highest BCUT2D eigenvalue weighted by Gasteiger charge is 2.60. The van der Waals surface area contributed by atoms with Crippen molar-refractivity contribution in [1.82, 2.24) is 25.0 Å². The first-order chi connectivity index (χ1) is 16.8. The fourth-order valence-corrected chi connectivity index (χ4v) is 5.44. The second-order valence-corrected chi connectivity index (χ2v) is 9.82. The van der Waals surface area contributed by atoms with Crippen molar-refractivity contribution in [3.63, 3.8) is 0 Å². The van der Waals surface area contributed by atoms with Crippen LogP contribution in [0.25, 0.3) is 10.9 Å². The van der Waals surface area contributed by atoms with Gasteiger partial charge in [-0.1, -0.05) is 30.3 Å². The van der Waals surface area contributed by atoms with Gasteiger partial charge in [-0.05, 0) is 37.3 Å². The maximum absolute atomic E-state index is 15.3. The summed E-state index contributed by atoms with van der Waals surface area (Å²) in [5.74, 6) is -1.02. The molecule has 3 N–H and O–H groups in total. The molecule has 2 saturated carbocycles. The van der Waals surface area contributed by atoms with Crippen molar-refractivity contribution in [1.29, 1.82) is 0 Å². The van der Waals surface area contributed by atoms with Gasteiger partial charge >= 0.3 is 0 Å². The van der Waals surface area contributed by atoms with Gasteiger partial charge in [0, 0.05) is 23.5 Å². The number of piperidine rings is 1. The molecule has 0 bridgehead atoms. The first-order valence-electron chi connectivity index (χ1n) is 11.7. The van der Waals surface area contributed by atoms with E-state index in [2.05, 4.69) is 15.4 Å². The Morgan fingerprint density at radius 3 is 2.74 bits per heavy atom. The molecular formula is C25H25FN6O3. The first kappa shape index (κ1) is 21.7. The second kappa shape index (κ2) is 7.59. The van der Waals surface area contributed by atoms with Gasteiger partial charge in [0.2, 0.25) is 11.8 Å². The Hall–Kier alpha value is -3.82. The average molecular weight is 477 g/mol. The Bertz CT molecular complexity index is 1370. The number of alkyl halides is 1. The quantitative estimate of drug-likeness (QED) is 0.559. The summed E-state index contributed by atoms with van der Waals surface area (Å²) in [5.41, 5.74) is 5.76. The highest BCUT2D eigenvalue weighted by Crippen LogP contribution is 2.51. The number of nitrogens with two attached hydrogens (primary N) is 1. The number of primary amides is 1. The van der Waals surface area contributed by atoms with E-state index in [1.54, 1.807) is 48.4 Å². The van der Waals surface area contributed by atoms with Crippen LogP contribution in [0.2, 0.25) is 0 Å². The van der Waals surface area contributed by atoms with E-state index >= 15 is 4.39 Å². The highest BCUT2D eigenvalue weighted by atomic mass is 19.1. The summed E-state index contributed by atoms with van der Waals surface area (Å²) in [5, 5.41) is 7.63. The maximum atomic E-state index is 15.3. The molecule has 35 heavy (non-hydrogen) atoms. The predicted molar refractivity (Wildman–Crippen MR) is 124 cm³/mol. The Balaban J connectivity index is 1.20.